The molecule has 1 saturated heterocycles. The van der Waals surface area contributed by atoms with Gasteiger partial charge in [-0.1, -0.05) is 24.3 Å². The number of hydrogen-bond donors (Lipinski definition) is 1. The fraction of sp³-hybridized carbons (Fsp3) is 0.292. The second-order valence-corrected chi connectivity index (χ2v) is 7.53. The number of carbonyl (C=O) groups excluding carboxylic acids is 2. The fourth-order valence-corrected chi connectivity index (χ4v) is 3.57. The number of hydrogen-bond acceptors (Lipinski definition) is 4. The number of aromatic nitrogens is 1. The van der Waals surface area contributed by atoms with Crippen LogP contribution in [0.25, 0.3) is 12.2 Å². The van der Waals surface area contributed by atoms with Gasteiger partial charge in [-0.3, -0.25) is 9.59 Å². The van der Waals surface area contributed by atoms with E-state index in [-0.39, 0.29) is 11.8 Å². The molecule has 1 amide bonds. The predicted octanol–water partition coefficient (Wildman–Crippen LogP) is 4.09. The Balaban J connectivity index is 1.66. The van der Waals surface area contributed by atoms with Crippen LogP contribution in [0.4, 0.5) is 13.2 Å². The molecule has 1 N–H and O–H groups in total. The molecule has 1 aliphatic heterocycles. The molecule has 2 aromatic rings. The summed E-state index contributed by atoms with van der Waals surface area (Å²) in [5.74, 6) is -0.831. The maximum atomic E-state index is 13.0. The highest BCUT2D eigenvalue weighted by atomic mass is 19.4. The van der Waals surface area contributed by atoms with Crippen molar-refractivity contribution in [3.05, 3.63) is 77.1 Å². The number of carbonyl (C=O) groups is 2. The van der Waals surface area contributed by atoms with Gasteiger partial charge in [0.2, 0.25) is 5.91 Å². The molecule has 8 heteroatoms. The summed E-state index contributed by atoms with van der Waals surface area (Å²) in [5.41, 5.74) is 0.922. The Kier molecular flexibility index (Phi) is 7.58. The number of piperidine rings is 1. The highest BCUT2D eigenvalue weighted by Crippen LogP contribution is 2.33. The number of benzene rings is 1. The summed E-state index contributed by atoms with van der Waals surface area (Å²) in [7, 11) is 0. The van der Waals surface area contributed by atoms with E-state index in [1.807, 2.05) is 0 Å². The fourth-order valence-electron chi connectivity index (χ4n) is 3.57. The van der Waals surface area contributed by atoms with E-state index in [2.05, 4.69) is 4.98 Å². The highest BCUT2D eigenvalue weighted by Gasteiger charge is 2.31. The van der Waals surface area contributed by atoms with Crippen molar-refractivity contribution < 1.29 is 27.9 Å². The number of nitrogens with zero attached hydrogens (tertiary/aromatic N) is 2. The van der Waals surface area contributed by atoms with Crippen molar-refractivity contribution >= 4 is 23.8 Å². The molecular formula is C24H23F3N2O3. The van der Waals surface area contributed by atoms with E-state index in [1.54, 1.807) is 35.2 Å². The number of halogens is 3. The number of pyridine rings is 1. The lowest BCUT2D eigenvalue weighted by atomic mass is 9.89. The summed E-state index contributed by atoms with van der Waals surface area (Å²) >= 11 is 0. The lowest BCUT2D eigenvalue weighted by Gasteiger charge is -2.32. The van der Waals surface area contributed by atoms with Crippen LogP contribution in [0.15, 0.2) is 54.6 Å². The van der Waals surface area contributed by atoms with Gasteiger partial charge in [-0.05, 0) is 54.8 Å². The van der Waals surface area contributed by atoms with Gasteiger partial charge >= 0.3 is 6.18 Å². The molecule has 0 aliphatic carbocycles. The predicted molar refractivity (Wildman–Crippen MR) is 114 cm³/mol. The third-order valence-corrected chi connectivity index (χ3v) is 5.20. The molecule has 1 unspecified atom stereocenters. The number of ketones is 1. The van der Waals surface area contributed by atoms with E-state index < -0.39 is 24.1 Å². The Labute approximate surface area is 183 Å². The normalized spacial score (nSPS) is 17.2. The third-order valence-electron chi connectivity index (χ3n) is 5.20. The van der Waals surface area contributed by atoms with E-state index in [9.17, 15) is 22.8 Å². The summed E-state index contributed by atoms with van der Waals surface area (Å²) < 4.78 is 39.1. The summed E-state index contributed by atoms with van der Waals surface area (Å²) in [4.78, 5) is 29.8. The smallest absolute Gasteiger partial charge is 0.388 e. The van der Waals surface area contributed by atoms with Crippen LogP contribution >= 0.6 is 0 Å². The molecular weight excluding hydrogens is 421 g/mol. The van der Waals surface area contributed by atoms with Crippen molar-refractivity contribution in [3.8, 4) is 0 Å². The monoisotopic (exact) mass is 444 g/mol. The first-order valence-corrected chi connectivity index (χ1v) is 10.2. The van der Waals surface area contributed by atoms with Crippen LogP contribution in [0.3, 0.4) is 0 Å². The van der Waals surface area contributed by atoms with E-state index in [0.29, 0.717) is 36.5 Å². The number of alkyl halides is 3. The third kappa shape index (κ3) is 6.37. The van der Waals surface area contributed by atoms with Crippen molar-refractivity contribution in [2.45, 2.75) is 24.9 Å². The minimum absolute atomic E-state index is 0.154. The maximum absolute atomic E-state index is 13.0. The average Bonchev–Trinajstić information content (AvgIpc) is 2.81. The number of rotatable bonds is 6. The van der Waals surface area contributed by atoms with Crippen LogP contribution in [0, 0.1) is 0 Å². The largest absolute Gasteiger partial charge is 0.416 e. The topological polar surface area (TPSA) is 70.5 Å². The number of aliphatic hydroxyl groups excluding tert-OH is 1. The van der Waals surface area contributed by atoms with E-state index in [1.165, 1.54) is 30.4 Å². The van der Waals surface area contributed by atoms with Gasteiger partial charge in [0.05, 0.1) is 17.0 Å². The first-order chi connectivity index (χ1) is 15.3. The Morgan fingerprint density at radius 3 is 2.47 bits per heavy atom. The van der Waals surface area contributed by atoms with Crippen LogP contribution in [-0.4, -0.2) is 46.4 Å². The maximum Gasteiger partial charge on any atom is 0.416 e. The minimum Gasteiger partial charge on any atom is -0.388 e. The molecule has 3 rings (SSSR count). The SMILES string of the molecule is O=C(/C=C/c1cccc(/C=C/C(=O)N2CCCC(c3cccc(C(F)(F)F)c3)C2)n1)CO. The van der Waals surface area contributed by atoms with Gasteiger partial charge in [0.1, 0.15) is 6.61 Å². The molecule has 1 atom stereocenters. The molecule has 168 valence electrons. The van der Waals surface area contributed by atoms with Crippen molar-refractivity contribution in [1.29, 1.82) is 0 Å². The van der Waals surface area contributed by atoms with Crippen LogP contribution in [0.1, 0.15) is 41.3 Å². The average molecular weight is 444 g/mol. The molecule has 5 nitrogen and oxygen atoms in total. The lowest BCUT2D eigenvalue weighted by molar-refractivity contribution is -0.137. The summed E-state index contributed by atoms with van der Waals surface area (Å²) in [6.07, 6.45) is 2.68. The summed E-state index contributed by atoms with van der Waals surface area (Å²) in [5, 5.41) is 8.75. The van der Waals surface area contributed by atoms with Gasteiger partial charge in [-0.15, -0.1) is 0 Å². The van der Waals surface area contributed by atoms with Crippen molar-refractivity contribution in [2.24, 2.45) is 0 Å². The van der Waals surface area contributed by atoms with Gasteiger partial charge in [-0.25, -0.2) is 4.98 Å². The quantitative estimate of drug-likeness (QED) is 0.682. The van der Waals surface area contributed by atoms with Gasteiger partial charge in [-0.2, -0.15) is 13.2 Å². The molecule has 1 fully saturated rings. The zero-order chi connectivity index (χ0) is 23.1. The Bertz CT molecular complexity index is 1030. The van der Waals surface area contributed by atoms with Crippen LogP contribution < -0.4 is 0 Å². The molecule has 0 spiro atoms. The zero-order valence-electron chi connectivity index (χ0n) is 17.3. The van der Waals surface area contributed by atoms with Crippen LogP contribution in [0.5, 0.6) is 0 Å². The molecule has 0 bridgehead atoms. The standard InChI is InChI=1S/C24H23F3N2O3/c25-24(26,27)19-6-1-4-17(14-19)18-5-3-13-29(15-18)23(32)12-10-21-8-2-7-20(28-21)9-11-22(31)16-30/h1-2,4,6-12,14,18,30H,3,5,13,15-16H2/b11-9+,12-10+. The second-order valence-electron chi connectivity index (χ2n) is 7.53. The van der Waals surface area contributed by atoms with Crippen molar-refractivity contribution in [2.75, 3.05) is 19.7 Å². The molecule has 1 aromatic carbocycles. The Morgan fingerprint density at radius 2 is 1.78 bits per heavy atom. The zero-order valence-corrected chi connectivity index (χ0v) is 17.3. The molecule has 2 heterocycles. The van der Waals surface area contributed by atoms with Gasteiger partial charge < -0.3 is 10.0 Å². The van der Waals surface area contributed by atoms with Crippen molar-refractivity contribution in [1.82, 2.24) is 9.88 Å². The molecule has 1 aromatic heterocycles. The van der Waals surface area contributed by atoms with Crippen LogP contribution in [0.2, 0.25) is 0 Å². The number of likely N-dealkylation sites (tertiary alicyclic amines) is 1. The van der Waals surface area contributed by atoms with Gasteiger partial charge in [0, 0.05) is 25.1 Å². The first-order valence-electron chi connectivity index (χ1n) is 10.2. The van der Waals surface area contributed by atoms with Crippen LogP contribution in [-0.2, 0) is 15.8 Å². The minimum atomic E-state index is -4.40. The van der Waals surface area contributed by atoms with Gasteiger partial charge in [0.15, 0.2) is 5.78 Å². The van der Waals surface area contributed by atoms with E-state index in [4.69, 9.17) is 5.11 Å². The summed E-state index contributed by atoms with van der Waals surface area (Å²) in [6.45, 7) is 0.310. The Morgan fingerprint density at radius 1 is 1.09 bits per heavy atom. The van der Waals surface area contributed by atoms with E-state index in [0.717, 1.165) is 12.5 Å². The summed E-state index contributed by atoms with van der Waals surface area (Å²) in [6, 6.07) is 10.4. The molecule has 1 aliphatic rings. The number of amides is 1. The molecule has 32 heavy (non-hydrogen) atoms. The number of aliphatic hydroxyl groups is 1. The first kappa shape index (κ1) is 23.4. The Hall–Kier alpha value is -3.26. The van der Waals surface area contributed by atoms with Gasteiger partial charge in [0.25, 0.3) is 0 Å². The molecule has 0 radical (unpaired) electrons. The lowest BCUT2D eigenvalue weighted by Crippen LogP contribution is -2.38. The van der Waals surface area contributed by atoms with Crippen molar-refractivity contribution in [3.63, 3.8) is 0 Å². The highest BCUT2D eigenvalue weighted by molar-refractivity contribution is 5.94. The second kappa shape index (κ2) is 10.4. The molecule has 0 saturated carbocycles. The van der Waals surface area contributed by atoms with E-state index >= 15 is 0 Å².